The number of rotatable bonds is 1. The third-order valence-corrected chi connectivity index (χ3v) is 8.50. The maximum atomic E-state index is 13.0. The number of fused-ring (bicyclic) bond motifs is 5. The van der Waals surface area contributed by atoms with E-state index in [1.165, 1.54) is 19.3 Å². The Morgan fingerprint density at radius 2 is 1.85 bits per heavy atom. The Morgan fingerprint density at radius 3 is 2.56 bits per heavy atom. The maximum absolute atomic E-state index is 13.0. The Bertz CT molecular complexity index is 678. The highest BCUT2D eigenvalue weighted by molar-refractivity contribution is 5.89. The molecule has 0 aromatic heterocycles. The van der Waals surface area contributed by atoms with E-state index in [1.54, 1.807) is 6.08 Å². The van der Waals surface area contributed by atoms with Gasteiger partial charge < -0.3 is 10.6 Å². The first-order chi connectivity index (χ1) is 12.5. The number of carbonyl (C=O) groups excluding carboxylic acids is 2. The van der Waals surface area contributed by atoms with Crippen LogP contribution in [0.5, 0.6) is 0 Å². The normalized spacial score (nSPS) is 46.1. The van der Waals surface area contributed by atoms with Crippen molar-refractivity contribution in [1.29, 1.82) is 0 Å². The standard InChI is InChI=1S/C23H36N2O2/c1-21(2,3)25-20(27)17-8-7-15-14-6-9-18-23(5,13-11-19(26)24-18)16(14)10-12-22(15,17)4/h11,13-18H,6-10,12H2,1-5H3,(H,24,26)(H,25,27)/t14-,15-,16-,17+,18-,22+,23-/m0/s1. The number of carbonyl (C=O) groups is 2. The average molecular weight is 373 g/mol. The zero-order chi connectivity index (χ0) is 19.6. The molecule has 7 atom stereocenters. The first kappa shape index (κ1) is 19.0. The molecule has 4 aliphatic rings. The van der Waals surface area contributed by atoms with Crippen molar-refractivity contribution in [2.45, 2.75) is 84.7 Å². The third-order valence-electron chi connectivity index (χ3n) is 8.50. The van der Waals surface area contributed by atoms with Crippen molar-refractivity contribution in [3.8, 4) is 0 Å². The fraction of sp³-hybridized carbons (Fsp3) is 0.826. The summed E-state index contributed by atoms with van der Waals surface area (Å²) in [5.74, 6) is 2.41. The predicted molar refractivity (Wildman–Crippen MR) is 107 cm³/mol. The van der Waals surface area contributed by atoms with Crippen LogP contribution in [0.4, 0.5) is 0 Å². The summed E-state index contributed by atoms with van der Waals surface area (Å²) in [6.07, 6.45) is 10.7. The van der Waals surface area contributed by atoms with Crippen molar-refractivity contribution in [2.75, 3.05) is 0 Å². The molecule has 1 aliphatic heterocycles. The van der Waals surface area contributed by atoms with Gasteiger partial charge in [0.05, 0.1) is 0 Å². The van der Waals surface area contributed by atoms with Gasteiger partial charge in [-0.05, 0) is 88.5 Å². The molecule has 2 N–H and O–H groups in total. The second-order valence-electron chi connectivity index (χ2n) is 11.1. The van der Waals surface area contributed by atoms with E-state index in [1.807, 2.05) is 0 Å². The number of hydrogen-bond acceptors (Lipinski definition) is 2. The van der Waals surface area contributed by atoms with Gasteiger partial charge in [-0.3, -0.25) is 9.59 Å². The topological polar surface area (TPSA) is 58.2 Å². The number of nitrogens with one attached hydrogen (secondary N) is 2. The molecule has 0 aromatic carbocycles. The van der Waals surface area contributed by atoms with Crippen molar-refractivity contribution in [2.24, 2.45) is 34.5 Å². The Labute approximate surface area is 163 Å². The number of hydrogen-bond donors (Lipinski definition) is 2. The molecular weight excluding hydrogens is 336 g/mol. The van der Waals surface area contributed by atoms with Gasteiger partial charge in [0.15, 0.2) is 0 Å². The van der Waals surface area contributed by atoms with Crippen LogP contribution in [0, 0.1) is 34.5 Å². The first-order valence-corrected chi connectivity index (χ1v) is 10.9. The quantitative estimate of drug-likeness (QED) is 0.735. The largest absolute Gasteiger partial charge is 0.351 e. The summed E-state index contributed by atoms with van der Waals surface area (Å²) < 4.78 is 0. The van der Waals surface area contributed by atoms with Crippen LogP contribution >= 0.6 is 0 Å². The van der Waals surface area contributed by atoms with E-state index in [0.717, 1.165) is 19.3 Å². The maximum Gasteiger partial charge on any atom is 0.243 e. The van der Waals surface area contributed by atoms with E-state index in [9.17, 15) is 9.59 Å². The van der Waals surface area contributed by atoms with Crippen LogP contribution in [0.3, 0.4) is 0 Å². The molecule has 3 fully saturated rings. The fourth-order valence-corrected chi connectivity index (χ4v) is 7.22. The molecule has 0 unspecified atom stereocenters. The van der Waals surface area contributed by atoms with Gasteiger partial charge in [0.1, 0.15) is 0 Å². The zero-order valence-corrected chi connectivity index (χ0v) is 17.6. The van der Waals surface area contributed by atoms with E-state index in [4.69, 9.17) is 0 Å². The fourth-order valence-electron chi connectivity index (χ4n) is 7.22. The van der Waals surface area contributed by atoms with Crippen LogP contribution in [0.15, 0.2) is 12.2 Å². The highest BCUT2D eigenvalue weighted by Gasteiger charge is 2.60. The van der Waals surface area contributed by atoms with Crippen molar-refractivity contribution >= 4 is 11.8 Å². The molecule has 3 saturated carbocycles. The molecule has 1 heterocycles. The van der Waals surface area contributed by atoms with Crippen LogP contribution in [0.25, 0.3) is 0 Å². The molecule has 0 spiro atoms. The molecule has 4 heteroatoms. The lowest BCUT2D eigenvalue weighted by Gasteiger charge is -2.58. The van der Waals surface area contributed by atoms with Crippen molar-refractivity contribution in [1.82, 2.24) is 10.6 Å². The molecule has 0 saturated heterocycles. The third kappa shape index (κ3) is 2.94. The first-order valence-electron chi connectivity index (χ1n) is 10.9. The van der Waals surface area contributed by atoms with Crippen molar-refractivity contribution in [3.05, 3.63) is 12.2 Å². The van der Waals surface area contributed by atoms with Gasteiger partial charge in [0.25, 0.3) is 0 Å². The van der Waals surface area contributed by atoms with Crippen molar-refractivity contribution < 1.29 is 9.59 Å². The van der Waals surface area contributed by atoms with E-state index < -0.39 is 0 Å². The molecule has 4 rings (SSSR count). The van der Waals surface area contributed by atoms with Crippen LogP contribution in [0.1, 0.15) is 73.1 Å². The lowest BCUT2D eigenvalue weighted by Crippen LogP contribution is -2.59. The van der Waals surface area contributed by atoms with Crippen LogP contribution in [-0.4, -0.2) is 23.4 Å². The van der Waals surface area contributed by atoms with Gasteiger partial charge >= 0.3 is 0 Å². The van der Waals surface area contributed by atoms with Crippen molar-refractivity contribution in [3.63, 3.8) is 0 Å². The highest BCUT2D eigenvalue weighted by atomic mass is 16.2. The summed E-state index contributed by atoms with van der Waals surface area (Å²) in [5.41, 5.74) is 0.0323. The SMILES string of the molecule is CC(C)(C)NC(=O)[C@H]1CC[C@H]2[C@@H]3CC[C@@H]4NC(=O)C=C[C@@]4(C)[C@H]3CC[C@@]12C. The lowest BCUT2D eigenvalue weighted by atomic mass is 9.48. The van der Waals surface area contributed by atoms with Crippen LogP contribution in [-0.2, 0) is 9.59 Å². The smallest absolute Gasteiger partial charge is 0.243 e. The Hall–Kier alpha value is -1.32. The van der Waals surface area contributed by atoms with Crippen LogP contribution in [0.2, 0.25) is 0 Å². The summed E-state index contributed by atoms with van der Waals surface area (Å²) in [6.45, 7) is 11.0. The molecule has 2 amide bonds. The second-order valence-corrected chi connectivity index (χ2v) is 11.1. The van der Waals surface area contributed by atoms with E-state index >= 15 is 0 Å². The van der Waals surface area contributed by atoms with Gasteiger partial charge in [0.2, 0.25) is 11.8 Å². The minimum atomic E-state index is -0.167. The molecule has 0 aromatic rings. The Morgan fingerprint density at radius 1 is 1.11 bits per heavy atom. The second kappa shape index (κ2) is 6.09. The zero-order valence-electron chi connectivity index (χ0n) is 17.6. The minimum Gasteiger partial charge on any atom is -0.351 e. The molecule has 150 valence electrons. The summed E-state index contributed by atoms with van der Waals surface area (Å²) in [4.78, 5) is 24.9. The van der Waals surface area contributed by atoms with Gasteiger partial charge in [-0.25, -0.2) is 0 Å². The van der Waals surface area contributed by atoms with Gasteiger partial charge in [0, 0.05) is 22.9 Å². The van der Waals surface area contributed by atoms with Gasteiger partial charge in [-0.15, -0.1) is 0 Å². The summed E-state index contributed by atoms with van der Waals surface area (Å²) in [6, 6.07) is 0.280. The van der Waals surface area contributed by atoms with Gasteiger partial charge in [-0.2, -0.15) is 0 Å². The van der Waals surface area contributed by atoms with Gasteiger partial charge in [-0.1, -0.05) is 19.9 Å². The lowest BCUT2D eigenvalue weighted by molar-refractivity contribution is -0.135. The molecular formula is C23H36N2O2. The summed E-state index contributed by atoms with van der Waals surface area (Å²) in [5, 5.41) is 6.48. The molecule has 3 aliphatic carbocycles. The predicted octanol–water partition coefficient (Wildman–Crippen LogP) is 3.81. The monoisotopic (exact) mass is 372 g/mol. The molecule has 4 nitrogen and oxygen atoms in total. The van der Waals surface area contributed by atoms with E-state index in [0.29, 0.717) is 17.8 Å². The highest BCUT2D eigenvalue weighted by Crippen LogP contribution is 2.65. The molecule has 0 bridgehead atoms. The minimum absolute atomic E-state index is 0.0661. The Balaban J connectivity index is 1.58. The average Bonchev–Trinajstić information content (AvgIpc) is 2.91. The Kier molecular flexibility index (Phi) is 4.29. The summed E-state index contributed by atoms with van der Waals surface area (Å²) in [7, 11) is 0. The molecule has 27 heavy (non-hydrogen) atoms. The summed E-state index contributed by atoms with van der Waals surface area (Å²) >= 11 is 0. The number of amides is 2. The van der Waals surface area contributed by atoms with Crippen LogP contribution < -0.4 is 10.6 Å². The molecule has 0 radical (unpaired) electrons. The van der Waals surface area contributed by atoms with E-state index in [-0.39, 0.29) is 40.1 Å². The van der Waals surface area contributed by atoms with E-state index in [2.05, 4.69) is 51.3 Å².